The van der Waals surface area contributed by atoms with Gasteiger partial charge in [-0.05, 0) is 62.1 Å². The van der Waals surface area contributed by atoms with Crippen LogP contribution in [0.1, 0.15) is 23.3 Å². The minimum Gasteiger partial charge on any atom is -0.381 e. The van der Waals surface area contributed by atoms with Crippen LogP contribution in [-0.4, -0.2) is 52.2 Å². The molecule has 1 aromatic heterocycles. The lowest BCUT2D eigenvalue weighted by Crippen LogP contribution is -2.36. The molecule has 1 saturated heterocycles. The molecule has 1 aliphatic heterocycles. The fourth-order valence-electron chi connectivity index (χ4n) is 4.26. The smallest absolute Gasteiger partial charge is 0.381 e. The van der Waals surface area contributed by atoms with Gasteiger partial charge in [-0.2, -0.15) is 13.2 Å². The van der Waals surface area contributed by atoms with Gasteiger partial charge in [0.1, 0.15) is 4.90 Å². The molecule has 2 heterocycles. The van der Waals surface area contributed by atoms with E-state index in [1.807, 2.05) is 6.07 Å². The third kappa shape index (κ3) is 6.50. The molecule has 11 heteroatoms. The van der Waals surface area contributed by atoms with Crippen LogP contribution in [0.25, 0.3) is 10.1 Å². The highest BCUT2D eigenvalue weighted by Crippen LogP contribution is 2.39. The molecule has 0 spiro atoms. The van der Waals surface area contributed by atoms with Gasteiger partial charge in [-0.25, -0.2) is 13.6 Å². The maximum absolute atomic E-state index is 13.5. The van der Waals surface area contributed by atoms with Crippen molar-refractivity contribution in [2.45, 2.75) is 36.4 Å². The Morgan fingerprint density at radius 1 is 1.11 bits per heavy atom. The summed E-state index contributed by atoms with van der Waals surface area (Å²) in [4.78, 5) is 2.53. The lowest BCUT2D eigenvalue weighted by Gasteiger charge is -2.30. The second-order valence-corrected chi connectivity index (χ2v) is 11.4. The molecule has 1 fully saturated rings. The van der Waals surface area contributed by atoms with Crippen LogP contribution in [0.3, 0.4) is 0 Å². The molecule has 4 N–H and O–H groups in total. The highest BCUT2D eigenvalue weighted by atomic mass is 32.2. The van der Waals surface area contributed by atoms with Crippen LogP contribution in [0.2, 0.25) is 0 Å². The second kappa shape index (κ2) is 10.7. The monoisotopic (exact) mass is 536 g/mol. The largest absolute Gasteiger partial charge is 0.393 e. The summed E-state index contributed by atoms with van der Waals surface area (Å²) >= 11 is 1.24. The molecule has 0 saturated carbocycles. The van der Waals surface area contributed by atoms with Crippen LogP contribution in [0.5, 0.6) is 0 Å². The third-order valence-electron chi connectivity index (χ3n) is 6.04. The number of benzene rings is 2. The standard InChI is InChI=1S/C25H27F3N4O2S2/c1-32-14-11-17(12-15-32)31-21-8-4-6-18-19(16-25(26,27)28)22(35-24(18)21)9-5-13-30-20-7-2-3-10-23(20)36(29,33)34/h2-4,6-8,10,17,30-31H,11-16H2,1H3,(H2,29,33,34). The highest BCUT2D eigenvalue weighted by molar-refractivity contribution is 7.89. The van der Waals surface area contributed by atoms with Crippen molar-refractivity contribution in [3.05, 3.63) is 52.9 Å². The molecule has 192 valence electrons. The van der Waals surface area contributed by atoms with Crippen LogP contribution in [-0.2, 0) is 16.4 Å². The van der Waals surface area contributed by atoms with Crippen LogP contribution in [0.4, 0.5) is 24.5 Å². The number of anilines is 2. The van der Waals surface area contributed by atoms with E-state index < -0.39 is 22.6 Å². The number of para-hydroxylation sites is 1. The topological polar surface area (TPSA) is 87.5 Å². The van der Waals surface area contributed by atoms with Gasteiger partial charge in [0, 0.05) is 6.04 Å². The molecule has 0 atom stereocenters. The number of sulfonamides is 1. The number of halogens is 3. The summed E-state index contributed by atoms with van der Waals surface area (Å²) in [6.45, 7) is 1.97. The maximum Gasteiger partial charge on any atom is 0.393 e. The molecule has 4 rings (SSSR count). The van der Waals surface area contributed by atoms with Gasteiger partial charge >= 0.3 is 6.18 Å². The molecular weight excluding hydrogens is 509 g/mol. The predicted octanol–water partition coefficient (Wildman–Crippen LogP) is 4.62. The number of piperidine rings is 1. The molecule has 1 aliphatic rings. The molecule has 0 bridgehead atoms. The average molecular weight is 537 g/mol. The molecule has 3 aromatic rings. The molecule has 0 aliphatic carbocycles. The van der Waals surface area contributed by atoms with E-state index in [1.165, 1.54) is 17.4 Å². The lowest BCUT2D eigenvalue weighted by molar-refractivity contribution is -0.126. The first-order valence-electron chi connectivity index (χ1n) is 11.4. The number of likely N-dealkylation sites (tertiary alicyclic amines) is 1. The van der Waals surface area contributed by atoms with Crippen molar-refractivity contribution in [3.8, 4) is 11.8 Å². The first-order chi connectivity index (χ1) is 17.0. The number of hydrogen-bond acceptors (Lipinski definition) is 6. The number of rotatable bonds is 6. The van der Waals surface area contributed by atoms with Gasteiger partial charge in [0.15, 0.2) is 0 Å². The van der Waals surface area contributed by atoms with E-state index in [1.54, 1.807) is 30.3 Å². The van der Waals surface area contributed by atoms with Crippen LogP contribution >= 0.6 is 11.3 Å². The van der Waals surface area contributed by atoms with E-state index in [0.29, 0.717) is 10.3 Å². The number of hydrogen-bond donors (Lipinski definition) is 3. The van der Waals surface area contributed by atoms with E-state index >= 15 is 0 Å². The zero-order chi connectivity index (χ0) is 25.9. The normalized spacial score (nSPS) is 15.5. The summed E-state index contributed by atoms with van der Waals surface area (Å²) in [7, 11) is -1.85. The fraction of sp³-hybridized carbons (Fsp3) is 0.360. The van der Waals surface area contributed by atoms with E-state index in [0.717, 1.165) is 36.3 Å². The minimum atomic E-state index is -4.38. The van der Waals surface area contributed by atoms with Crippen molar-refractivity contribution in [2.75, 3.05) is 37.3 Å². The van der Waals surface area contributed by atoms with Gasteiger partial charge in [0.25, 0.3) is 0 Å². The van der Waals surface area contributed by atoms with Crippen molar-refractivity contribution in [2.24, 2.45) is 5.14 Å². The Morgan fingerprint density at radius 3 is 2.50 bits per heavy atom. The number of fused-ring (bicyclic) bond motifs is 1. The Balaban J connectivity index is 1.62. The summed E-state index contributed by atoms with van der Waals surface area (Å²) in [5, 5.41) is 12.2. The molecule has 2 aromatic carbocycles. The van der Waals surface area contributed by atoms with Crippen molar-refractivity contribution >= 4 is 42.8 Å². The number of thiophene rings is 1. The SMILES string of the molecule is CN1CCC(Nc2cccc3c(CC(F)(F)F)c(C#CCNc4ccccc4S(N)(=O)=O)sc23)CC1. The molecule has 0 amide bonds. The number of nitrogens with two attached hydrogens (primary N) is 1. The van der Waals surface area contributed by atoms with Gasteiger partial charge in [-0.15, -0.1) is 11.3 Å². The number of alkyl halides is 3. The molecule has 0 unspecified atom stereocenters. The average Bonchev–Trinajstić information content (AvgIpc) is 3.14. The number of nitrogens with one attached hydrogen (secondary N) is 2. The van der Waals surface area contributed by atoms with Gasteiger partial charge in [-0.1, -0.05) is 36.1 Å². The predicted molar refractivity (Wildman–Crippen MR) is 139 cm³/mol. The van der Waals surface area contributed by atoms with Gasteiger partial charge < -0.3 is 15.5 Å². The van der Waals surface area contributed by atoms with Crippen molar-refractivity contribution < 1.29 is 21.6 Å². The van der Waals surface area contributed by atoms with E-state index in [-0.39, 0.29) is 28.7 Å². The van der Waals surface area contributed by atoms with Gasteiger partial charge in [0.2, 0.25) is 10.0 Å². The summed E-state index contributed by atoms with van der Waals surface area (Å²) in [6.07, 6.45) is -3.52. The number of nitrogens with zero attached hydrogens (tertiary/aromatic N) is 1. The fourth-order valence-corrected chi connectivity index (χ4v) is 6.14. The quantitative estimate of drug-likeness (QED) is 0.400. The Bertz CT molecular complexity index is 1400. The van der Waals surface area contributed by atoms with Crippen LogP contribution in [0, 0.1) is 11.8 Å². The molecular formula is C25H27F3N4O2S2. The third-order valence-corrected chi connectivity index (χ3v) is 8.20. The Kier molecular flexibility index (Phi) is 7.80. The highest BCUT2D eigenvalue weighted by Gasteiger charge is 2.31. The maximum atomic E-state index is 13.5. The summed E-state index contributed by atoms with van der Waals surface area (Å²) in [6, 6.07) is 11.8. The zero-order valence-corrected chi connectivity index (χ0v) is 21.3. The van der Waals surface area contributed by atoms with Gasteiger partial charge in [-0.3, -0.25) is 0 Å². The summed E-state index contributed by atoms with van der Waals surface area (Å²) in [5.74, 6) is 5.72. The second-order valence-electron chi connectivity index (χ2n) is 8.80. The van der Waals surface area contributed by atoms with Gasteiger partial charge in [0.05, 0.1) is 33.9 Å². The lowest BCUT2D eigenvalue weighted by atomic mass is 10.0. The van der Waals surface area contributed by atoms with Crippen LogP contribution < -0.4 is 15.8 Å². The van der Waals surface area contributed by atoms with E-state index in [4.69, 9.17) is 5.14 Å². The molecule has 0 radical (unpaired) electrons. The van der Waals surface area contributed by atoms with Crippen molar-refractivity contribution in [1.29, 1.82) is 0 Å². The Labute approximate surface area is 212 Å². The van der Waals surface area contributed by atoms with E-state index in [9.17, 15) is 21.6 Å². The summed E-state index contributed by atoms with van der Waals surface area (Å²) in [5.41, 5.74) is 1.27. The minimum absolute atomic E-state index is 0.0347. The van der Waals surface area contributed by atoms with E-state index in [2.05, 4.69) is 34.4 Å². The number of primary sulfonamides is 1. The Morgan fingerprint density at radius 2 is 1.81 bits per heavy atom. The van der Waals surface area contributed by atoms with Crippen LogP contribution in [0.15, 0.2) is 47.4 Å². The Hall–Kier alpha value is -2.78. The zero-order valence-electron chi connectivity index (χ0n) is 19.7. The van der Waals surface area contributed by atoms with Crippen molar-refractivity contribution in [3.63, 3.8) is 0 Å². The molecule has 6 nitrogen and oxygen atoms in total. The first-order valence-corrected chi connectivity index (χ1v) is 13.8. The first kappa shape index (κ1) is 26.3. The summed E-state index contributed by atoms with van der Waals surface area (Å²) < 4.78 is 64.7. The molecule has 36 heavy (non-hydrogen) atoms. The van der Waals surface area contributed by atoms with Crippen molar-refractivity contribution in [1.82, 2.24) is 4.90 Å².